The van der Waals surface area contributed by atoms with Crippen LogP contribution < -0.4 is 0 Å². The molecule has 2 amide bonds. The van der Waals surface area contributed by atoms with Crippen molar-refractivity contribution >= 4 is 11.8 Å². The van der Waals surface area contributed by atoms with Gasteiger partial charge in [0.25, 0.3) is 0 Å². The third-order valence-electron chi connectivity index (χ3n) is 4.90. The monoisotopic (exact) mass is 330 g/mol. The summed E-state index contributed by atoms with van der Waals surface area (Å²) in [5, 5.41) is 0. The Hall–Kier alpha value is -1.88. The van der Waals surface area contributed by atoms with E-state index in [1.54, 1.807) is 0 Å². The molecule has 5 heteroatoms. The van der Waals surface area contributed by atoms with Gasteiger partial charge in [0.2, 0.25) is 11.8 Å². The SMILES string of the molecule is Cc1cccc(CC(=O)N2CCC(CC(=O)N3CCOCC3)C2)c1. The maximum Gasteiger partial charge on any atom is 0.226 e. The van der Waals surface area contributed by atoms with Gasteiger partial charge in [0, 0.05) is 32.6 Å². The van der Waals surface area contributed by atoms with Gasteiger partial charge in [0.1, 0.15) is 0 Å². The third kappa shape index (κ3) is 4.35. The number of carbonyl (C=O) groups excluding carboxylic acids is 2. The van der Waals surface area contributed by atoms with E-state index in [9.17, 15) is 9.59 Å². The van der Waals surface area contributed by atoms with Crippen LogP contribution in [0.25, 0.3) is 0 Å². The van der Waals surface area contributed by atoms with Crippen molar-refractivity contribution in [3.63, 3.8) is 0 Å². The van der Waals surface area contributed by atoms with E-state index in [1.807, 2.05) is 34.9 Å². The Labute approximate surface area is 143 Å². The van der Waals surface area contributed by atoms with Gasteiger partial charge in [-0.25, -0.2) is 0 Å². The van der Waals surface area contributed by atoms with Gasteiger partial charge in [-0.05, 0) is 24.8 Å². The van der Waals surface area contributed by atoms with Crippen molar-refractivity contribution in [2.24, 2.45) is 5.92 Å². The lowest BCUT2D eigenvalue weighted by molar-refractivity contribution is -0.136. The second-order valence-corrected chi connectivity index (χ2v) is 6.86. The molecule has 5 nitrogen and oxygen atoms in total. The topological polar surface area (TPSA) is 49.9 Å². The molecule has 2 heterocycles. The molecule has 0 saturated carbocycles. The molecule has 0 bridgehead atoms. The Balaban J connectivity index is 1.47. The van der Waals surface area contributed by atoms with Crippen molar-refractivity contribution in [2.75, 3.05) is 39.4 Å². The first-order valence-corrected chi connectivity index (χ1v) is 8.80. The number of morpholine rings is 1. The average molecular weight is 330 g/mol. The highest BCUT2D eigenvalue weighted by Gasteiger charge is 2.29. The van der Waals surface area contributed by atoms with Crippen LogP contribution >= 0.6 is 0 Å². The molecule has 1 atom stereocenters. The van der Waals surface area contributed by atoms with Crippen LogP contribution in [-0.4, -0.2) is 61.0 Å². The number of nitrogens with zero attached hydrogens (tertiary/aromatic N) is 2. The van der Waals surface area contributed by atoms with E-state index >= 15 is 0 Å². The molecule has 3 rings (SSSR count). The molecule has 2 saturated heterocycles. The van der Waals surface area contributed by atoms with Gasteiger partial charge in [0.15, 0.2) is 0 Å². The van der Waals surface area contributed by atoms with Crippen LogP contribution in [0, 0.1) is 12.8 Å². The fourth-order valence-corrected chi connectivity index (χ4v) is 3.52. The van der Waals surface area contributed by atoms with Gasteiger partial charge in [0.05, 0.1) is 19.6 Å². The number of hydrogen-bond acceptors (Lipinski definition) is 3. The quantitative estimate of drug-likeness (QED) is 0.843. The summed E-state index contributed by atoms with van der Waals surface area (Å²) >= 11 is 0. The number of benzene rings is 1. The van der Waals surface area contributed by atoms with Crippen molar-refractivity contribution in [3.05, 3.63) is 35.4 Å². The second-order valence-electron chi connectivity index (χ2n) is 6.86. The van der Waals surface area contributed by atoms with Gasteiger partial charge >= 0.3 is 0 Å². The molecule has 0 spiro atoms. The molecule has 1 unspecified atom stereocenters. The van der Waals surface area contributed by atoms with Gasteiger partial charge in [-0.2, -0.15) is 0 Å². The fourth-order valence-electron chi connectivity index (χ4n) is 3.52. The molecule has 0 N–H and O–H groups in total. The van der Waals surface area contributed by atoms with Crippen LogP contribution in [0.3, 0.4) is 0 Å². The summed E-state index contributed by atoms with van der Waals surface area (Å²) in [7, 11) is 0. The maximum atomic E-state index is 12.5. The molecule has 2 fully saturated rings. The number of amides is 2. The Bertz CT molecular complexity index is 596. The molecular weight excluding hydrogens is 304 g/mol. The minimum absolute atomic E-state index is 0.168. The zero-order valence-electron chi connectivity index (χ0n) is 14.4. The number of ether oxygens (including phenoxy) is 1. The molecule has 0 radical (unpaired) electrons. The maximum absolute atomic E-state index is 12.5. The van der Waals surface area contributed by atoms with E-state index in [1.165, 1.54) is 5.56 Å². The Morgan fingerprint density at radius 3 is 2.67 bits per heavy atom. The van der Waals surface area contributed by atoms with E-state index in [0.717, 1.165) is 18.5 Å². The molecule has 24 heavy (non-hydrogen) atoms. The highest BCUT2D eigenvalue weighted by atomic mass is 16.5. The van der Waals surface area contributed by atoms with E-state index in [2.05, 4.69) is 6.07 Å². The van der Waals surface area contributed by atoms with E-state index in [-0.39, 0.29) is 11.8 Å². The van der Waals surface area contributed by atoms with E-state index in [0.29, 0.717) is 51.6 Å². The van der Waals surface area contributed by atoms with Crippen LogP contribution in [0.2, 0.25) is 0 Å². The smallest absolute Gasteiger partial charge is 0.226 e. The molecule has 130 valence electrons. The largest absolute Gasteiger partial charge is 0.378 e. The van der Waals surface area contributed by atoms with Crippen LogP contribution in [0.1, 0.15) is 24.0 Å². The van der Waals surface area contributed by atoms with E-state index in [4.69, 9.17) is 4.74 Å². The Morgan fingerprint density at radius 1 is 1.12 bits per heavy atom. The zero-order valence-corrected chi connectivity index (χ0v) is 14.4. The lowest BCUT2D eigenvalue weighted by Gasteiger charge is -2.27. The normalized spacial score (nSPS) is 21.1. The third-order valence-corrected chi connectivity index (χ3v) is 4.90. The van der Waals surface area contributed by atoms with Gasteiger partial charge in [-0.3, -0.25) is 9.59 Å². The lowest BCUT2D eigenvalue weighted by Crippen LogP contribution is -2.41. The molecular formula is C19H26N2O3. The second kappa shape index (κ2) is 7.79. The van der Waals surface area contributed by atoms with Crippen LogP contribution in [0.5, 0.6) is 0 Å². The Morgan fingerprint density at radius 2 is 1.92 bits per heavy atom. The van der Waals surface area contributed by atoms with Crippen LogP contribution in [0.15, 0.2) is 24.3 Å². The number of aryl methyl sites for hydroxylation is 1. The van der Waals surface area contributed by atoms with Crippen LogP contribution in [-0.2, 0) is 20.7 Å². The Kier molecular flexibility index (Phi) is 5.51. The predicted octanol–water partition coefficient (Wildman–Crippen LogP) is 1.63. The molecule has 0 aromatic heterocycles. The lowest BCUT2D eigenvalue weighted by atomic mass is 10.0. The minimum Gasteiger partial charge on any atom is -0.378 e. The summed E-state index contributed by atoms with van der Waals surface area (Å²) in [4.78, 5) is 28.6. The van der Waals surface area contributed by atoms with Crippen molar-refractivity contribution in [1.29, 1.82) is 0 Å². The van der Waals surface area contributed by atoms with Crippen molar-refractivity contribution in [1.82, 2.24) is 9.80 Å². The highest BCUT2D eigenvalue weighted by Crippen LogP contribution is 2.22. The molecule has 2 aliphatic heterocycles. The minimum atomic E-state index is 0.168. The van der Waals surface area contributed by atoms with Crippen molar-refractivity contribution < 1.29 is 14.3 Å². The number of rotatable bonds is 4. The highest BCUT2D eigenvalue weighted by molar-refractivity contribution is 5.80. The zero-order chi connectivity index (χ0) is 16.9. The summed E-state index contributed by atoms with van der Waals surface area (Å²) in [6.45, 7) is 6.18. The molecule has 0 aliphatic carbocycles. The first kappa shape index (κ1) is 17.0. The summed E-state index contributed by atoms with van der Waals surface area (Å²) in [5.41, 5.74) is 2.24. The van der Waals surface area contributed by atoms with Crippen molar-refractivity contribution in [3.8, 4) is 0 Å². The number of carbonyl (C=O) groups is 2. The van der Waals surface area contributed by atoms with Gasteiger partial charge in [-0.15, -0.1) is 0 Å². The van der Waals surface area contributed by atoms with Crippen molar-refractivity contribution in [2.45, 2.75) is 26.2 Å². The van der Waals surface area contributed by atoms with Gasteiger partial charge < -0.3 is 14.5 Å². The summed E-state index contributed by atoms with van der Waals surface area (Å²) in [5.74, 6) is 0.667. The standard InChI is InChI=1S/C19H26N2O3/c1-15-3-2-4-16(11-15)12-19(23)21-6-5-17(14-21)13-18(22)20-7-9-24-10-8-20/h2-4,11,17H,5-10,12-14H2,1H3. The molecule has 1 aromatic carbocycles. The molecule has 1 aromatic rings. The van der Waals surface area contributed by atoms with E-state index < -0.39 is 0 Å². The molecule has 2 aliphatic rings. The number of hydrogen-bond donors (Lipinski definition) is 0. The number of likely N-dealkylation sites (tertiary alicyclic amines) is 1. The predicted molar refractivity (Wildman–Crippen MR) is 91.6 cm³/mol. The van der Waals surface area contributed by atoms with Gasteiger partial charge in [-0.1, -0.05) is 29.8 Å². The fraction of sp³-hybridized carbons (Fsp3) is 0.579. The van der Waals surface area contributed by atoms with Crippen LogP contribution in [0.4, 0.5) is 0 Å². The average Bonchev–Trinajstić information content (AvgIpc) is 3.04. The first-order valence-electron chi connectivity index (χ1n) is 8.80. The summed E-state index contributed by atoms with van der Waals surface area (Å²) in [6, 6.07) is 8.09. The summed E-state index contributed by atoms with van der Waals surface area (Å²) < 4.78 is 5.29. The summed E-state index contributed by atoms with van der Waals surface area (Å²) in [6.07, 6.45) is 1.93. The first-order chi connectivity index (χ1) is 11.6.